The van der Waals surface area contributed by atoms with Crippen molar-refractivity contribution in [1.82, 2.24) is 0 Å². The molecule has 4 heteroatoms. The Balaban J connectivity index is 4.24. The second-order valence-electron chi connectivity index (χ2n) is 7.52. The van der Waals surface area contributed by atoms with Crippen molar-refractivity contribution in [1.29, 1.82) is 0 Å². The zero-order valence-electron chi connectivity index (χ0n) is 16.8. The molecule has 0 aliphatic rings. The lowest BCUT2D eigenvalue weighted by molar-refractivity contribution is 0.0699. The average Bonchev–Trinajstić information content (AvgIpc) is 2.64. The Morgan fingerprint density at radius 3 is 1.72 bits per heavy atom. The molecule has 0 bridgehead atoms. The molecule has 0 aromatic heterocycles. The molecular formula is C21H44O2S2. The van der Waals surface area contributed by atoms with E-state index in [0.717, 1.165) is 12.2 Å². The fraction of sp³-hybridized carbons (Fsp3) is 1.00. The van der Waals surface area contributed by atoms with Crippen LogP contribution in [0.2, 0.25) is 0 Å². The second kappa shape index (κ2) is 18.0. The second-order valence-corrected chi connectivity index (χ2v) is 9.15. The van der Waals surface area contributed by atoms with Crippen LogP contribution < -0.4 is 0 Å². The van der Waals surface area contributed by atoms with Gasteiger partial charge in [0.15, 0.2) is 0 Å². The Labute approximate surface area is 167 Å². The van der Waals surface area contributed by atoms with E-state index in [2.05, 4.69) is 26.5 Å². The number of hydrogen-bond donors (Lipinski definition) is 3. The first-order valence-electron chi connectivity index (χ1n) is 10.6. The molecule has 1 atom stereocenters. The minimum Gasteiger partial charge on any atom is -0.396 e. The van der Waals surface area contributed by atoms with Crippen LogP contribution in [0.15, 0.2) is 0 Å². The standard InChI is InChI=1S/C21H44O2S2/c1-3-5-7-9-11-13-15-20(21(17-22,18-23)19-24)25-16-14-12-10-8-6-4-2/h20,22-24H,3-19H2,1-2H3. The van der Waals surface area contributed by atoms with E-state index in [0.29, 0.717) is 11.0 Å². The molecule has 0 aliphatic heterocycles. The molecule has 2 N–H and O–H groups in total. The maximum Gasteiger partial charge on any atom is 0.0528 e. The molecule has 0 radical (unpaired) electrons. The summed E-state index contributed by atoms with van der Waals surface area (Å²) in [6, 6.07) is 0. The van der Waals surface area contributed by atoms with E-state index in [1.807, 2.05) is 11.8 Å². The van der Waals surface area contributed by atoms with Gasteiger partial charge in [-0.1, -0.05) is 84.5 Å². The van der Waals surface area contributed by atoms with E-state index in [1.165, 1.54) is 77.0 Å². The van der Waals surface area contributed by atoms with Crippen LogP contribution in [0.3, 0.4) is 0 Å². The first-order chi connectivity index (χ1) is 12.2. The maximum absolute atomic E-state index is 9.90. The van der Waals surface area contributed by atoms with Crippen molar-refractivity contribution in [2.75, 3.05) is 24.7 Å². The van der Waals surface area contributed by atoms with Crippen LogP contribution >= 0.6 is 24.4 Å². The van der Waals surface area contributed by atoms with Crippen molar-refractivity contribution in [3.05, 3.63) is 0 Å². The molecule has 0 amide bonds. The number of thiol groups is 1. The van der Waals surface area contributed by atoms with Gasteiger partial charge >= 0.3 is 0 Å². The number of rotatable bonds is 19. The van der Waals surface area contributed by atoms with Crippen LogP contribution in [-0.4, -0.2) is 40.2 Å². The van der Waals surface area contributed by atoms with Crippen molar-refractivity contribution >= 4 is 24.4 Å². The van der Waals surface area contributed by atoms with Crippen LogP contribution in [0.25, 0.3) is 0 Å². The number of aliphatic hydroxyl groups excluding tert-OH is 2. The quantitative estimate of drug-likeness (QED) is 0.184. The van der Waals surface area contributed by atoms with Gasteiger partial charge in [0, 0.05) is 16.4 Å². The molecule has 0 fully saturated rings. The van der Waals surface area contributed by atoms with Crippen LogP contribution in [0.1, 0.15) is 97.3 Å². The van der Waals surface area contributed by atoms with E-state index in [1.54, 1.807) is 0 Å². The van der Waals surface area contributed by atoms with Gasteiger partial charge in [0.1, 0.15) is 0 Å². The summed E-state index contributed by atoms with van der Waals surface area (Å²) >= 11 is 6.43. The SMILES string of the molecule is CCCCCCCCSC(CCCCCCCC)C(CO)(CO)CS. The summed E-state index contributed by atoms with van der Waals surface area (Å²) in [5.41, 5.74) is -0.431. The van der Waals surface area contributed by atoms with Gasteiger partial charge in [0.2, 0.25) is 0 Å². The summed E-state index contributed by atoms with van der Waals surface area (Å²) in [7, 11) is 0. The highest BCUT2D eigenvalue weighted by atomic mass is 32.2. The lowest BCUT2D eigenvalue weighted by atomic mass is 9.85. The van der Waals surface area contributed by atoms with Gasteiger partial charge in [-0.25, -0.2) is 0 Å². The smallest absolute Gasteiger partial charge is 0.0528 e. The summed E-state index contributed by atoms with van der Waals surface area (Å²) in [5, 5.41) is 20.1. The Morgan fingerprint density at radius 2 is 1.24 bits per heavy atom. The molecule has 0 heterocycles. The lowest BCUT2D eigenvalue weighted by Crippen LogP contribution is -2.42. The predicted octanol–water partition coefficient (Wildman–Crippen LogP) is 6.10. The van der Waals surface area contributed by atoms with Crippen LogP contribution in [0, 0.1) is 5.41 Å². The third-order valence-corrected chi connectivity index (χ3v) is 7.56. The van der Waals surface area contributed by atoms with Crippen molar-refractivity contribution < 1.29 is 10.2 Å². The molecule has 25 heavy (non-hydrogen) atoms. The van der Waals surface area contributed by atoms with Gasteiger partial charge in [0.25, 0.3) is 0 Å². The molecule has 1 unspecified atom stereocenters. The Hall–Kier alpha value is 0.620. The van der Waals surface area contributed by atoms with Crippen molar-refractivity contribution in [3.63, 3.8) is 0 Å². The molecule has 0 saturated carbocycles. The lowest BCUT2D eigenvalue weighted by Gasteiger charge is -2.36. The largest absolute Gasteiger partial charge is 0.396 e. The molecule has 0 aromatic carbocycles. The molecule has 2 nitrogen and oxygen atoms in total. The average molecular weight is 393 g/mol. The third kappa shape index (κ3) is 11.8. The molecule has 0 rings (SSSR count). The zero-order valence-corrected chi connectivity index (χ0v) is 18.6. The summed E-state index contributed by atoms with van der Waals surface area (Å²) in [6.45, 7) is 4.58. The highest BCUT2D eigenvalue weighted by Gasteiger charge is 2.36. The molecule has 0 aromatic rings. The van der Waals surface area contributed by atoms with Gasteiger partial charge in [0.05, 0.1) is 13.2 Å². The summed E-state index contributed by atoms with van der Waals surface area (Å²) in [4.78, 5) is 0. The van der Waals surface area contributed by atoms with Gasteiger partial charge in [-0.05, 0) is 18.6 Å². The molecule has 0 saturated heterocycles. The molecule has 0 aliphatic carbocycles. The number of unbranched alkanes of at least 4 members (excludes halogenated alkanes) is 10. The first kappa shape index (κ1) is 25.6. The van der Waals surface area contributed by atoms with E-state index in [4.69, 9.17) is 0 Å². The molecular weight excluding hydrogens is 348 g/mol. The van der Waals surface area contributed by atoms with Crippen LogP contribution in [0.5, 0.6) is 0 Å². The van der Waals surface area contributed by atoms with Crippen molar-refractivity contribution in [3.8, 4) is 0 Å². The van der Waals surface area contributed by atoms with Gasteiger partial charge in [-0.3, -0.25) is 0 Å². The highest BCUT2D eigenvalue weighted by molar-refractivity contribution is 8.00. The van der Waals surface area contributed by atoms with E-state index >= 15 is 0 Å². The zero-order chi connectivity index (χ0) is 18.8. The van der Waals surface area contributed by atoms with Gasteiger partial charge in [-0.15, -0.1) is 0 Å². The highest BCUT2D eigenvalue weighted by Crippen LogP contribution is 2.36. The van der Waals surface area contributed by atoms with Crippen molar-refractivity contribution in [2.24, 2.45) is 5.41 Å². The monoisotopic (exact) mass is 392 g/mol. The Bertz CT molecular complexity index is 262. The summed E-state index contributed by atoms with van der Waals surface area (Å²) in [5.74, 6) is 1.70. The van der Waals surface area contributed by atoms with Gasteiger partial charge in [-0.2, -0.15) is 24.4 Å². The molecule has 152 valence electrons. The van der Waals surface area contributed by atoms with Gasteiger partial charge < -0.3 is 10.2 Å². The Morgan fingerprint density at radius 1 is 0.760 bits per heavy atom. The number of hydrogen-bond acceptors (Lipinski definition) is 4. The molecule has 0 spiro atoms. The maximum atomic E-state index is 9.90. The fourth-order valence-electron chi connectivity index (χ4n) is 3.24. The summed E-state index contributed by atoms with van der Waals surface area (Å²) < 4.78 is 0. The minimum absolute atomic E-state index is 0.0387. The van der Waals surface area contributed by atoms with Crippen LogP contribution in [0.4, 0.5) is 0 Å². The fourth-order valence-corrected chi connectivity index (χ4v) is 5.36. The van der Waals surface area contributed by atoms with E-state index in [9.17, 15) is 10.2 Å². The summed E-state index contributed by atoms with van der Waals surface area (Å²) in [6.07, 6.45) is 16.7. The normalized spacial score (nSPS) is 13.3. The van der Waals surface area contributed by atoms with Crippen LogP contribution in [-0.2, 0) is 0 Å². The van der Waals surface area contributed by atoms with Crippen molar-refractivity contribution in [2.45, 2.75) is 103 Å². The predicted molar refractivity (Wildman–Crippen MR) is 118 cm³/mol. The Kier molecular flexibility index (Phi) is 18.5. The minimum atomic E-state index is -0.431. The third-order valence-electron chi connectivity index (χ3n) is 5.26. The van der Waals surface area contributed by atoms with E-state index in [-0.39, 0.29) is 13.2 Å². The first-order valence-corrected chi connectivity index (χ1v) is 12.3. The number of thioether (sulfide) groups is 1. The number of aliphatic hydroxyl groups is 2. The topological polar surface area (TPSA) is 40.5 Å². The van der Waals surface area contributed by atoms with E-state index < -0.39 is 5.41 Å².